The smallest absolute Gasteiger partial charge is 0.261 e. The highest BCUT2D eigenvalue weighted by Gasteiger charge is 2.35. The summed E-state index contributed by atoms with van der Waals surface area (Å²) in [5.41, 5.74) is 0.817. The van der Waals surface area contributed by atoms with Gasteiger partial charge in [-0.3, -0.25) is 19.3 Å². The highest BCUT2D eigenvalue weighted by Crippen LogP contribution is 2.24. The average molecular weight is 330 g/mol. The number of carbonyl (C=O) groups excluding carboxylic acids is 3. The van der Waals surface area contributed by atoms with Gasteiger partial charge in [0, 0.05) is 32.2 Å². The summed E-state index contributed by atoms with van der Waals surface area (Å²) in [5.74, 6) is -0.701. The van der Waals surface area contributed by atoms with E-state index < -0.39 is 0 Å². The molecular weight excluding hydrogens is 308 g/mol. The second-order valence-corrected chi connectivity index (χ2v) is 6.31. The number of imide groups is 1. The van der Waals surface area contributed by atoms with Gasteiger partial charge in [-0.05, 0) is 37.8 Å². The number of amides is 3. The van der Waals surface area contributed by atoms with Crippen molar-refractivity contribution >= 4 is 17.7 Å². The van der Waals surface area contributed by atoms with E-state index in [9.17, 15) is 14.4 Å². The summed E-state index contributed by atoms with van der Waals surface area (Å²) in [4.78, 5) is 40.1. The van der Waals surface area contributed by atoms with E-state index in [2.05, 4.69) is 0 Å². The number of rotatable bonds is 5. The third kappa shape index (κ3) is 3.06. The van der Waals surface area contributed by atoms with Gasteiger partial charge >= 0.3 is 0 Å². The average Bonchev–Trinajstić information content (AvgIpc) is 2.85. The number of likely N-dealkylation sites (tertiary alicyclic amines) is 1. The van der Waals surface area contributed by atoms with Crippen LogP contribution in [-0.2, 0) is 4.79 Å². The van der Waals surface area contributed by atoms with Gasteiger partial charge in [0.25, 0.3) is 11.8 Å². The molecule has 24 heavy (non-hydrogen) atoms. The monoisotopic (exact) mass is 330 g/mol. The normalized spacial score (nSPS) is 20.5. The third-order valence-corrected chi connectivity index (χ3v) is 4.84. The molecule has 0 saturated carbocycles. The largest absolute Gasteiger partial charge is 0.396 e. The van der Waals surface area contributed by atoms with Gasteiger partial charge in [0.15, 0.2) is 0 Å². The van der Waals surface area contributed by atoms with E-state index in [1.807, 2.05) is 0 Å². The standard InChI is InChI=1S/C18H22N2O4/c21-12-9-13-5-3-4-10-19(13)16(22)8-11-20-17(23)14-6-1-2-7-15(14)18(20)24/h1-2,6-7,13,21H,3-5,8-12H2. The number of carbonyl (C=O) groups is 3. The molecule has 0 spiro atoms. The molecule has 1 saturated heterocycles. The Morgan fingerprint density at radius 2 is 1.79 bits per heavy atom. The van der Waals surface area contributed by atoms with Crippen LogP contribution in [0.3, 0.4) is 0 Å². The van der Waals surface area contributed by atoms with Gasteiger partial charge in [-0.25, -0.2) is 0 Å². The van der Waals surface area contributed by atoms with Gasteiger partial charge in [-0.15, -0.1) is 0 Å². The van der Waals surface area contributed by atoms with E-state index in [0.717, 1.165) is 24.2 Å². The van der Waals surface area contributed by atoms with Crippen LogP contribution in [0.15, 0.2) is 24.3 Å². The Bertz CT molecular complexity index is 621. The van der Waals surface area contributed by atoms with Crippen molar-refractivity contribution in [1.82, 2.24) is 9.80 Å². The number of aliphatic hydroxyl groups is 1. The number of benzene rings is 1. The van der Waals surface area contributed by atoms with E-state index in [1.165, 1.54) is 0 Å². The van der Waals surface area contributed by atoms with Gasteiger partial charge < -0.3 is 10.0 Å². The molecular formula is C18H22N2O4. The second-order valence-electron chi connectivity index (χ2n) is 6.31. The number of nitrogens with zero attached hydrogens (tertiary/aromatic N) is 2. The summed E-state index contributed by atoms with van der Waals surface area (Å²) in [5, 5.41) is 9.15. The minimum absolute atomic E-state index is 0.0512. The number of hydrogen-bond acceptors (Lipinski definition) is 4. The molecule has 2 heterocycles. The summed E-state index contributed by atoms with van der Waals surface area (Å²) in [6.07, 6.45) is 3.64. The zero-order valence-corrected chi connectivity index (χ0v) is 13.6. The highest BCUT2D eigenvalue weighted by molar-refractivity contribution is 6.21. The summed E-state index contributed by atoms with van der Waals surface area (Å²) < 4.78 is 0. The molecule has 1 unspecified atom stereocenters. The predicted octanol–water partition coefficient (Wildman–Crippen LogP) is 1.44. The van der Waals surface area contributed by atoms with Gasteiger partial charge in [-0.1, -0.05) is 12.1 Å². The topological polar surface area (TPSA) is 77.9 Å². The first-order valence-electron chi connectivity index (χ1n) is 8.49. The molecule has 2 aliphatic heterocycles. The minimum atomic E-state index is -0.325. The number of hydrogen-bond donors (Lipinski definition) is 1. The molecule has 1 fully saturated rings. The Kier molecular flexibility index (Phi) is 4.94. The van der Waals surface area contributed by atoms with Crippen LogP contribution in [0.5, 0.6) is 0 Å². The quantitative estimate of drug-likeness (QED) is 0.829. The van der Waals surface area contributed by atoms with Crippen LogP contribution in [0.2, 0.25) is 0 Å². The van der Waals surface area contributed by atoms with Crippen LogP contribution in [0.1, 0.15) is 52.8 Å². The zero-order valence-electron chi connectivity index (χ0n) is 13.6. The lowest BCUT2D eigenvalue weighted by atomic mass is 9.99. The molecule has 128 valence electrons. The first-order chi connectivity index (χ1) is 11.6. The summed E-state index contributed by atoms with van der Waals surface area (Å²) >= 11 is 0. The number of fused-ring (bicyclic) bond motifs is 1. The van der Waals surface area contributed by atoms with Crippen molar-refractivity contribution in [1.29, 1.82) is 0 Å². The van der Waals surface area contributed by atoms with Gasteiger partial charge in [0.2, 0.25) is 5.91 Å². The van der Waals surface area contributed by atoms with E-state index in [1.54, 1.807) is 29.2 Å². The molecule has 1 atom stereocenters. The van der Waals surface area contributed by atoms with Gasteiger partial charge in [-0.2, -0.15) is 0 Å². The van der Waals surface area contributed by atoms with Crippen LogP contribution in [0.25, 0.3) is 0 Å². The fraction of sp³-hybridized carbons (Fsp3) is 0.500. The fourth-order valence-corrected chi connectivity index (χ4v) is 3.57. The fourth-order valence-electron chi connectivity index (χ4n) is 3.57. The van der Waals surface area contributed by atoms with Gasteiger partial charge in [0.05, 0.1) is 11.1 Å². The van der Waals surface area contributed by atoms with Crippen LogP contribution >= 0.6 is 0 Å². The number of piperidine rings is 1. The molecule has 0 radical (unpaired) electrons. The van der Waals surface area contributed by atoms with Crippen molar-refractivity contribution in [2.75, 3.05) is 19.7 Å². The molecule has 3 rings (SSSR count). The first-order valence-corrected chi connectivity index (χ1v) is 8.49. The lowest BCUT2D eigenvalue weighted by Crippen LogP contribution is -2.45. The first kappa shape index (κ1) is 16.6. The summed E-state index contributed by atoms with van der Waals surface area (Å²) in [7, 11) is 0. The van der Waals surface area contributed by atoms with Crippen LogP contribution in [0.4, 0.5) is 0 Å². The third-order valence-electron chi connectivity index (χ3n) is 4.84. The van der Waals surface area contributed by atoms with E-state index in [4.69, 9.17) is 5.11 Å². The molecule has 1 aromatic rings. The zero-order chi connectivity index (χ0) is 17.1. The highest BCUT2D eigenvalue weighted by atomic mass is 16.3. The lowest BCUT2D eigenvalue weighted by Gasteiger charge is -2.36. The molecule has 1 aromatic carbocycles. The molecule has 1 N–H and O–H groups in total. The molecule has 6 heteroatoms. The maximum Gasteiger partial charge on any atom is 0.261 e. The van der Waals surface area contributed by atoms with Crippen LogP contribution in [0, 0.1) is 0 Å². The maximum atomic E-state index is 12.5. The Balaban J connectivity index is 1.62. The van der Waals surface area contributed by atoms with Crippen molar-refractivity contribution in [3.8, 4) is 0 Å². The maximum absolute atomic E-state index is 12.5. The van der Waals surface area contributed by atoms with Crippen LogP contribution in [-0.4, -0.2) is 58.4 Å². The summed E-state index contributed by atoms with van der Waals surface area (Å²) in [6, 6.07) is 6.80. The van der Waals surface area contributed by atoms with Crippen molar-refractivity contribution < 1.29 is 19.5 Å². The Labute approximate surface area is 141 Å². The predicted molar refractivity (Wildman–Crippen MR) is 87.5 cm³/mol. The minimum Gasteiger partial charge on any atom is -0.396 e. The molecule has 0 bridgehead atoms. The molecule has 0 aliphatic carbocycles. The van der Waals surface area contributed by atoms with E-state index in [0.29, 0.717) is 24.1 Å². The summed E-state index contributed by atoms with van der Waals surface area (Å²) in [6.45, 7) is 0.853. The van der Waals surface area contributed by atoms with Crippen molar-refractivity contribution in [2.45, 2.75) is 38.1 Å². The second kappa shape index (κ2) is 7.13. The van der Waals surface area contributed by atoms with Crippen LogP contribution < -0.4 is 0 Å². The van der Waals surface area contributed by atoms with Crippen molar-refractivity contribution in [3.63, 3.8) is 0 Å². The van der Waals surface area contributed by atoms with Crippen molar-refractivity contribution in [3.05, 3.63) is 35.4 Å². The molecule has 0 aromatic heterocycles. The SMILES string of the molecule is O=C1c2ccccc2C(=O)N1CCC(=O)N1CCCCC1CCO. The Hall–Kier alpha value is -2.21. The van der Waals surface area contributed by atoms with E-state index in [-0.39, 0.29) is 43.3 Å². The lowest BCUT2D eigenvalue weighted by molar-refractivity contribution is -0.135. The van der Waals surface area contributed by atoms with E-state index >= 15 is 0 Å². The Morgan fingerprint density at radius 1 is 1.12 bits per heavy atom. The molecule has 6 nitrogen and oxygen atoms in total. The van der Waals surface area contributed by atoms with Crippen molar-refractivity contribution in [2.24, 2.45) is 0 Å². The van der Waals surface area contributed by atoms with Gasteiger partial charge in [0.1, 0.15) is 0 Å². The molecule has 3 amide bonds. The Morgan fingerprint density at radius 3 is 2.42 bits per heavy atom. The number of aliphatic hydroxyl groups excluding tert-OH is 1. The molecule has 2 aliphatic rings.